The van der Waals surface area contributed by atoms with E-state index in [0.29, 0.717) is 25.9 Å². The Morgan fingerprint density at radius 2 is 1.37 bits per heavy atom. The number of hydrogen-bond acceptors (Lipinski definition) is 9. The third-order valence-electron chi connectivity index (χ3n) is 9.19. The van der Waals surface area contributed by atoms with Crippen molar-refractivity contribution in [2.45, 2.75) is 64.1 Å². The van der Waals surface area contributed by atoms with Crippen LogP contribution in [-0.2, 0) is 32.0 Å². The van der Waals surface area contributed by atoms with Crippen molar-refractivity contribution >= 4 is 35.8 Å². The van der Waals surface area contributed by atoms with Crippen LogP contribution in [0.2, 0.25) is 0 Å². The first-order valence-electron chi connectivity index (χ1n) is 17.2. The molecule has 0 bridgehead atoms. The molecule has 5 N–H and O–H groups in total. The topological polar surface area (TPSA) is 143 Å². The van der Waals surface area contributed by atoms with Gasteiger partial charge in [0.15, 0.2) is 0 Å². The Morgan fingerprint density at radius 3 is 1.92 bits per heavy atom. The van der Waals surface area contributed by atoms with Crippen molar-refractivity contribution in [3.63, 3.8) is 0 Å². The van der Waals surface area contributed by atoms with Crippen molar-refractivity contribution in [2.75, 3.05) is 53.9 Å². The van der Waals surface area contributed by atoms with Gasteiger partial charge in [-0.05, 0) is 56.8 Å². The number of amides is 4. The van der Waals surface area contributed by atoms with Crippen LogP contribution in [0, 0.1) is 11.3 Å². The largest absolute Gasteiger partial charge is 0.345 e. The predicted molar refractivity (Wildman–Crippen MR) is 193 cm³/mol. The zero-order chi connectivity index (χ0) is 35.6. The van der Waals surface area contributed by atoms with Crippen LogP contribution in [0.25, 0.3) is 0 Å². The van der Waals surface area contributed by atoms with Gasteiger partial charge in [-0.3, -0.25) is 19.2 Å². The van der Waals surface area contributed by atoms with Crippen molar-refractivity contribution in [1.82, 2.24) is 34.6 Å². The molecule has 0 aliphatic carbocycles. The Bertz CT molecular complexity index is 1380. The number of piperidine rings is 1. The number of nitrogens with one attached hydrogen (secondary N) is 3. The van der Waals surface area contributed by atoms with Crippen LogP contribution in [0.3, 0.4) is 0 Å². The van der Waals surface area contributed by atoms with Crippen molar-refractivity contribution in [1.29, 1.82) is 0 Å². The molecule has 2 aliphatic heterocycles. The Kier molecular flexibility index (Phi) is 14.0. The molecule has 0 aromatic heterocycles. The lowest BCUT2D eigenvalue weighted by Crippen LogP contribution is -2.64. The summed E-state index contributed by atoms with van der Waals surface area (Å²) in [7, 11) is 6.11. The van der Waals surface area contributed by atoms with E-state index >= 15 is 0 Å². The summed E-state index contributed by atoms with van der Waals surface area (Å²) in [6.07, 6.45) is 2.95. The smallest absolute Gasteiger partial charge is 0.243 e. The normalized spacial score (nSPS) is 17.8. The number of hydrazine groups is 1. The summed E-state index contributed by atoms with van der Waals surface area (Å²) in [5.74, 6) is -1.40. The minimum Gasteiger partial charge on any atom is -0.345 e. The van der Waals surface area contributed by atoms with Gasteiger partial charge < -0.3 is 26.6 Å². The SMILES string of the molecule is CC(C)CC(NC(=O)[C@@H](Cc1ccccc1)NC(=O)C(N)Cc1ccccc1)C(=O)NCC(=O)N1CC2(CCN(N(C)SN(C)C)CC2)C1. The highest BCUT2D eigenvalue weighted by Gasteiger charge is 2.47. The second kappa shape index (κ2) is 18.0. The molecule has 2 aliphatic rings. The number of hydrogen-bond donors (Lipinski definition) is 4. The first-order valence-corrected chi connectivity index (χ1v) is 17.9. The number of nitrogens with zero attached hydrogens (tertiary/aromatic N) is 4. The van der Waals surface area contributed by atoms with Crippen LogP contribution in [0.5, 0.6) is 0 Å². The second-order valence-electron chi connectivity index (χ2n) is 14.0. The Morgan fingerprint density at radius 1 is 0.816 bits per heavy atom. The zero-order valence-electron chi connectivity index (χ0n) is 29.6. The molecule has 49 heavy (non-hydrogen) atoms. The molecular formula is C36H54N8O4S. The quantitative estimate of drug-likeness (QED) is 0.194. The highest BCUT2D eigenvalue weighted by Crippen LogP contribution is 2.41. The average Bonchev–Trinajstić information content (AvgIpc) is 3.05. The van der Waals surface area contributed by atoms with E-state index in [1.54, 1.807) is 12.1 Å². The Balaban J connectivity index is 1.31. The van der Waals surface area contributed by atoms with Crippen LogP contribution < -0.4 is 21.7 Å². The van der Waals surface area contributed by atoms with Crippen LogP contribution in [0.15, 0.2) is 60.7 Å². The van der Waals surface area contributed by atoms with E-state index in [4.69, 9.17) is 5.73 Å². The lowest BCUT2D eigenvalue weighted by Gasteiger charge is -2.54. The van der Waals surface area contributed by atoms with E-state index in [1.165, 1.54) is 0 Å². The van der Waals surface area contributed by atoms with E-state index in [1.807, 2.05) is 93.5 Å². The number of nitrogens with two attached hydrogens (primary N) is 1. The number of rotatable bonds is 16. The molecule has 0 saturated carbocycles. The number of benzene rings is 2. The van der Waals surface area contributed by atoms with E-state index < -0.39 is 35.8 Å². The van der Waals surface area contributed by atoms with Crippen LogP contribution in [0.4, 0.5) is 0 Å². The minimum atomic E-state index is -0.953. The van der Waals surface area contributed by atoms with Gasteiger partial charge in [0.2, 0.25) is 23.6 Å². The fourth-order valence-corrected chi connectivity index (χ4v) is 7.21. The fraction of sp³-hybridized carbons (Fsp3) is 0.556. The van der Waals surface area contributed by atoms with Gasteiger partial charge in [0.05, 0.1) is 12.6 Å². The summed E-state index contributed by atoms with van der Waals surface area (Å²) in [5, 5.41) is 10.8. The van der Waals surface area contributed by atoms with Crippen LogP contribution >= 0.6 is 12.1 Å². The molecule has 4 amide bonds. The molecule has 2 heterocycles. The molecule has 4 rings (SSSR count). The fourth-order valence-electron chi connectivity index (χ4n) is 6.47. The van der Waals surface area contributed by atoms with Gasteiger partial charge in [0, 0.05) is 57.2 Å². The molecule has 2 unspecified atom stereocenters. The lowest BCUT2D eigenvalue weighted by molar-refractivity contribution is -0.148. The van der Waals surface area contributed by atoms with Crippen molar-refractivity contribution in [3.05, 3.63) is 71.8 Å². The highest BCUT2D eigenvalue weighted by atomic mass is 32.2. The maximum Gasteiger partial charge on any atom is 0.243 e. The van der Waals surface area contributed by atoms with E-state index in [2.05, 4.69) is 36.7 Å². The first-order chi connectivity index (χ1) is 23.3. The van der Waals surface area contributed by atoms with Crippen LogP contribution in [0.1, 0.15) is 44.2 Å². The highest BCUT2D eigenvalue weighted by molar-refractivity contribution is 7.94. The summed E-state index contributed by atoms with van der Waals surface area (Å²) in [5.41, 5.74) is 8.15. The Hall–Kier alpha value is -3.49. The predicted octanol–water partition coefficient (Wildman–Crippen LogP) is 1.83. The molecule has 2 saturated heterocycles. The summed E-state index contributed by atoms with van der Waals surface area (Å²) >= 11 is 1.65. The summed E-state index contributed by atoms with van der Waals surface area (Å²) in [6.45, 7) is 7.07. The number of likely N-dealkylation sites (tertiary alicyclic amines) is 1. The second-order valence-corrected chi connectivity index (χ2v) is 15.4. The molecule has 0 radical (unpaired) electrons. The number of carbonyl (C=O) groups excluding carboxylic acids is 4. The molecule has 12 nitrogen and oxygen atoms in total. The summed E-state index contributed by atoms with van der Waals surface area (Å²) in [6, 6.07) is 16.2. The zero-order valence-corrected chi connectivity index (χ0v) is 30.4. The number of carbonyl (C=O) groups is 4. The minimum absolute atomic E-state index is 0.0875. The summed E-state index contributed by atoms with van der Waals surface area (Å²) in [4.78, 5) is 55.2. The van der Waals surface area contributed by atoms with Gasteiger partial charge in [-0.1, -0.05) is 74.5 Å². The maximum atomic E-state index is 13.7. The average molecular weight is 695 g/mol. The monoisotopic (exact) mass is 694 g/mol. The Labute approximate surface area is 295 Å². The lowest BCUT2D eigenvalue weighted by atomic mass is 9.72. The van der Waals surface area contributed by atoms with E-state index in [-0.39, 0.29) is 30.2 Å². The van der Waals surface area contributed by atoms with Crippen LogP contribution in [-0.4, -0.2) is 114 Å². The van der Waals surface area contributed by atoms with Gasteiger partial charge in [-0.15, -0.1) is 0 Å². The van der Waals surface area contributed by atoms with Gasteiger partial charge in [0.1, 0.15) is 12.1 Å². The van der Waals surface area contributed by atoms with E-state index in [9.17, 15) is 19.2 Å². The summed E-state index contributed by atoms with van der Waals surface area (Å²) < 4.78 is 4.22. The molecule has 3 atom stereocenters. The molecule has 2 aromatic rings. The van der Waals surface area contributed by atoms with Gasteiger partial charge in [0.25, 0.3) is 0 Å². The molecule has 2 fully saturated rings. The molecule has 13 heteroatoms. The maximum absolute atomic E-state index is 13.7. The van der Waals surface area contributed by atoms with Crippen molar-refractivity contribution in [2.24, 2.45) is 17.1 Å². The standard InChI is InChI=1S/C36H54N8O4S/c1-26(2)20-30(34(47)38-23-32(45)43-24-36(25-43)16-18-44(19-17-36)42(5)49-41(3)4)40-35(48)31(22-28-14-10-7-11-15-28)39-33(46)29(37)21-27-12-8-6-9-13-27/h6-15,26,29-31H,16-25,37H2,1-5H3,(H,38,47)(H,39,46)(H,40,48)/t29?,30?,31-/m1/s1. The third-order valence-corrected chi connectivity index (χ3v) is 9.98. The molecular weight excluding hydrogens is 641 g/mol. The third kappa shape index (κ3) is 11.5. The molecule has 1 spiro atoms. The molecule has 268 valence electrons. The van der Waals surface area contributed by atoms with Crippen molar-refractivity contribution in [3.8, 4) is 0 Å². The van der Waals surface area contributed by atoms with Gasteiger partial charge >= 0.3 is 0 Å². The van der Waals surface area contributed by atoms with Crippen molar-refractivity contribution < 1.29 is 19.2 Å². The van der Waals surface area contributed by atoms with E-state index in [0.717, 1.165) is 37.1 Å². The molecule has 2 aromatic carbocycles. The van der Waals surface area contributed by atoms with Gasteiger partial charge in [-0.2, -0.15) is 4.41 Å². The van der Waals surface area contributed by atoms with Gasteiger partial charge in [-0.25, -0.2) is 9.31 Å². The first kappa shape index (κ1) is 38.3.